The van der Waals surface area contributed by atoms with Gasteiger partial charge < -0.3 is 0 Å². The standard InChI is InChI=1S/C8H10ClFN2O2/c9-3-1-2-4-12-5-6(10)7(13)11-8(12)14/h5H,1-4H2,(H,11,13,14). The third kappa shape index (κ3) is 2.70. The number of aromatic amines is 1. The molecule has 0 aromatic carbocycles. The molecule has 0 amide bonds. The highest BCUT2D eigenvalue weighted by Gasteiger charge is 2.02. The van der Waals surface area contributed by atoms with Crippen molar-refractivity contribution in [1.29, 1.82) is 0 Å². The van der Waals surface area contributed by atoms with Crippen molar-refractivity contribution in [2.75, 3.05) is 5.88 Å². The number of aromatic nitrogens is 2. The van der Waals surface area contributed by atoms with Gasteiger partial charge in [0, 0.05) is 12.4 Å². The van der Waals surface area contributed by atoms with Crippen LogP contribution in [-0.4, -0.2) is 15.4 Å². The number of alkyl halides is 1. The third-order valence-electron chi connectivity index (χ3n) is 1.75. The van der Waals surface area contributed by atoms with Crippen LogP contribution >= 0.6 is 11.6 Å². The maximum Gasteiger partial charge on any atom is 0.328 e. The molecular formula is C8H10ClFN2O2. The van der Waals surface area contributed by atoms with Crippen LogP contribution in [-0.2, 0) is 6.54 Å². The second-order valence-corrected chi connectivity index (χ2v) is 3.20. The van der Waals surface area contributed by atoms with Gasteiger partial charge in [-0.1, -0.05) is 0 Å². The molecule has 0 aliphatic heterocycles. The Balaban J connectivity index is 2.82. The number of halogens is 2. The number of H-pyrrole nitrogens is 1. The predicted molar refractivity (Wildman–Crippen MR) is 51.2 cm³/mol. The van der Waals surface area contributed by atoms with Crippen LogP contribution in [0.1, 0.15) is 12.8 Å². The van der Waals surface area contributed by atoms with Crippen LogP contribution in [0.4, 0.5) is 4.39 Å². The summed E-state index contributed by atoms with van der Waals surface area (Å²) in [7, 11) is 0. The molecule has 0 radical (unpaired) electrons. The van der Waals surface area contributed by atoms with E-state index in [1.165, 1.54) is 0 Å². The average Bonchev–Trinajstić information content (AvgIpc) is 2.14. The second-order valence-electron chi connectivity index (χ2n) is 2.83. The van der Waals surface area contributed by atoms with E-state index in [9.17, 15) is 14.0 Å². The fourth-order valence-electron chi connectivity index (χ4n) is 1.03. The van der Waals surface area contributed by atoms with Crippen molar-refractivity contribution in [3.05, 3.63) is 32.9 Å². The Labute approximate surface area is 84.3 Å². The second kappa shape index (κ2) is 4.95. The number of aryl methyl sites for hydroxylation is 1. The molecule has 0 atom stereocenters. The lowest BCUT2D eigenvalue weighted by Gasteiger charge is -2.02. The van der Waals surface area contributed by atoms with Crippen LogP contribution in [0.25, 0.3) is 0 Å². The average molecular weight is 221 g/mol. The van der Waals surface area contributed by atoms with Gasteiger partial charge in [-0.2, -0.15) is 4.39 Å². The number of hydrogen-bond donors (Lipinski definition) is 1. The molecule has 4 nitrogen and oxygen atoms in total. The van der Waals surface area contributed by atoms with Crippen LogP contribution in [0.3, 0.4) is 0 Å². The molecule has 0 unspecified atom stereocenters. The molecule has 6 heteroatoms. The van der Waals surface area contributed by atoms with E-state index >= 15 is 0 Å². The summed E-state index contributed by atoms with van der Waals surface area (Å²) in [5.74, 6) is -0.448. The molecule has 0 aliphatic carbocycles. The zero-order chi connectivity index (χ0) is 10.6. The molecule has 0 fully saturated rings. The van der Waals surface area contributed by atoms with Gasteiger partial charge in [-0.05, 0) is 12.8 Å². The Hall–Kier alpha value is -1.10. The summed E-state index contributed by atoms with van der Waals surface area (Å²) < 4.78 is 13.9. The number of unbranched alkanes of at least 4 members (excludes halogenated alkanes) is 1. The largest absolute Gasteiger partial charge is 0.328 e. The number of nitrogens with one attached hydrogen (secondary N) is 1. The Morgan fingerprint density at radius 3 is 2.79 bits per heavy atom. The number of nitrogens with zero attached hydrogens (tertiary/aromatic N) is 1. The Morgan fingerprint density at radius 1 is 1.43 bits per heavy atom. The first kappa shape index (κ1) is 11.0. The van der Waals surface area contributed by atoms with Gasteiger partial charge >= 0.3 is 5.69 Å². The predicted octanol–water partition coefficient (Wildman–Crippen LogP) is 0.695. The van der Waals surface area contributed by atoms with Crippen molar-refractivity contribution in [2.24, 2.45) is 0 Å². The van der Waals surface area contributed by atoms with Crippen molar-refractivity contribution >= 4 is 11.6 Å². The van der Waals surface area contributed by atoms with Crippen LogP contribution in [0.2, 0.25) is 0 Å². The molecule has 0 aliphatic rings. The summed E-state index contributed by atoms with van der Waals surface area (Å²) in [5.41, 5.74) is -1.57. The summed E-state index contributed by atoms with van der Waals surface area (Å²) in [6.45, 7) is 0.360. The molecular weight excluding hydrogens is 211 g/mol. The molecule has 0 saturated heterocycles. The number of rotatable bonds is 4. The molecule has 1 aromatic heterocycles. The molecule has 0 saturated carbocycles. The maximum absolute atomic E-state index is 12.7. The lowest BCUT2D eigenvalue weighted by molar-refractivity contribution is 0.536. The first-order valence-corrected chi connectivity index (χ1v) is 4.74. The number of hydrogen-bond acceptors (Lipinski definition) is 2. The van der Waals surface area contributed by atoms with Crippen molar-refractivity contribution in [2.45, 2.75) is 19.4 Å². The molecule has 1 rings (SSSR count). The van der Waals surface area contributed by atoms with Gasteiger partial charge in [-0.25, -0.2) is 4.79 Å². The van der Waals surface area contributed by atoms with Crippen LogP contribution in [0.15, 0.2) is 15.8 Å². The highest BCUT2D eigenvalue weighted by Crippen LogP contribution is 1.94. The quantitative estimate of drug-likeness (QED) is 0.600. The Kier molecular flexibility index (Phi) is 3.88. The molecule has 0 spiro atoms. The highest BCUT2D eigenvalue weighted by molar-refractivity contribution is 6.17. The Bertz CT molecular complexity index is 413. The molecule has 1 N–H and O–H groups in total. The van der Waals surface area contributed by atoms with Crippen LogP contribution in [0, 0.1) is 5.82 Å². The minimum absolute atomic E-state index is 0.360. The van der Waals surface area contributed by atoms with E-state index in [4.69, 9.17) is 11.6 Å². The zero-order valence-electron chi connectivity index (χ0n) is 7.43. The van der Waals surface area contributed by atoms with E-state index in [0.717, 1.165) is 17.2 Å². The normalized spacial score (nSPS) is 10.4. The molecule has 1 aromatic rings. The van der Waals surface area contributed by atoms with Crippen molar-refractivity contribution < 1.29 is 4.39 Å². The van der Waals surface area contributed by atoms with Crippen LogP contribution in [0.5, 0.6) is 0 Å². The summed E-state index contributed by atoms with van der Waals surface area (Å²) in [4.78, 5) is 23.6. The summed E-state index contributed by atoms with van der Waals surface area (Å²) >= 11 is 5.44. The molecule has 78 valence electrons. The first-order valence-electron chi connectivity index (χ1n) is 4.20. The third-order valence-corrected chi connectivity index (χ3v) is 2.02. The lowest BCUT2D eigenvalue weighted by atomic mass is 10.3. The topological polar surface area (TPSA) is 54.9 Å². The van der Waals surface area contributed by atoms with E-state index in [1.54, 1.807) is 0 Å². The fourth-order valence-corrected chi connectivity index (χ4v) is 1.21. The summed E-state index contributed by atoms with van der Waals surface area (Å²) in [6.07, 6.45) is 2.33. The van der Waals surface area contributed by atoms with E-state index in [0.29, 0.717) is 18.8 Å². The summed E-state index contributed by atoms with van der Waals surface area (Å²) in [5, 5.41) is 0. The van der Waals surface area contributed by atoms with Crippen molar-refractivity contribution in [3.63, 3.8) is 0 Å². The van der Waals surface area contributed by atoms with Gasteiger partial charge in [-0.15, -0.1) is 11.6 Å². The summed E-state index contributed by atoms with van der Waals surface area (Å²) in [6, 6.07) is 0. The van der Waals surface area contributed by atoms with Crippen molar-refractivity contribution in [1.82, 2.24) is 9.55 Å². The van der Waals surface area contributed by atoms with Gasteiger partial charge in [-0.3, -0.25) is 14.3 Å². The van der Waals surface area contributed by atoms with E-state index in [1.807, 2.05) is 4.98 Å². The minimum Gasteiger partial charge on any atom is -0.298 e. The first-order chi connectivity index (χ1) is 6.65. The van der Waals surface area contributed by atoms with E-state index in [-0.39, 0.29) is 0 Å². The van der Waals surface area contributed by atoms with Gasteiger partial charge in [0.1, 0.15) is 0 Å². The maximum atomic E-state index is 12.7. The molecule has 14 heavy (non-hydrogen) atoms. The van der Waals surface area contributed by atoms with E-state index in [2.05, 4.69) is 0 Å². The monoisotopic (exact) mass is 220 g/mol. The Morgan fingerprint density at radius 2 is 2.14 bits per heavy atom. The van der Waals surface area contributed by atoms with Gasteiger partial charge in [0.2, 0.25) is 5.82 Å². The lowest BCUT2D eigenvalue weighted by Crippen LogP contribution is -2.31. The highest BCUT2D eigenvalue weighted by atomic mass is 35.5. The van der Waals surface area contributed by atoms with Gasteiger partial charge in [0.15, 0.2) is 0 Å². The zero-order valence-corrected chi connectivity index (χ0v) is 8.18. The smallest absolute Gasteiger partial charge is 0.298 e. The fraction of sp³-hybridized carbons (Fsp3) is 0.500. The van der Waals surface area contributed by atoms with Gasteiger partial charge in [0.25, 0.3) is 5.56 Å². The SMILES string of the molecule is O=c1[nH]c(=O)n(CCCCCl)cc1F. The van der Waals surface area contributed by atoms with Crippen LogP contribution < -0.4 is 11.2 Å². The minimum atomic E-state index is -0.983. The van der Waals surface area contributed by atoms with Crippen molar-refractivity contribution in [3.8, 4) is 0 Å². The van der Waals surface area contributed by atoms with E-state index < -0.39 is 17.1 Å². The van der Waals surface area contributed by atoms with Gasteiger partial charge in [0.05, 0.1) is 6.20 Å². The molecule has 0 bridgehead atoms. The molecule has 1 heterocycles.